The number of ether oxygens (including phenoxy) is 1. The Morgan fingerprint density at radius 3 is 2.36 bits per heavy atom. The quantitative estimate of drug-likeness (QED) is 0.125. The highest BCUT2D eigenvalue weighted by atomic mass is 32.2. The first-order chi connectivity index (χ1) is 25.0. The summed E-state index contributed by atoms with van der Waals surface area (Å²) in [5.41, 5.74) is 6.09. The highest BCUT2D eigenvalue weighted by Crippen LogP contribution is 2.76. The van der Waals surface area contributed by atoms with E-state index in [1.54, 1.807) is 11.1 Å². The van der Waals surface area contributed by atoms with Gasteiger partial charge < -0.3 is 20.1 Å². The van der Waals surface area contributed by atoms with Crippen molar-refractivity contribution >= 4 is 9.84 Å². The Morgan fingerprint density at radius 1 is 0.943 bits per heavy atom. The fraction of sp³-hybridized carbons (Fsp3) is 0.870. The van der Waals surface area contributed by atoms with Crippen molar-refractivity contribution in [1.82, 2.24) is 10.2 Å². The van der Waals surface area contributed by atoms with E-state index in [2.05, 4.69) is 70.5 Å². The van der Waals surface area contributed by atoms with Crippen molar-refractivity contribution in [3.8, 4) is 0 Å². The summed E-state index contributed by atoms with van der Waals surface area (Å²) < 4.78 is 29.6. The fourth-order valence-electron chi connectivity index (χ4n) is 15.3. The molecule has 2 N–H and O–H groups in total. The van der Waals surface area contributed by atoms with Crippen molar-refractivity contribution in [2.24, 2.45) is 57.2 Å². The van der Waals surface area contributed by atoms with Gasteiger partial charge in [-0.1, -0.05) is 58.9 Å². The molecule has 10 unspecified atom stereocenters. The van der Waals surface area contributed by atoms with E-state index >= 15 is 0 Å². The molecule has 53 heavy (non-hydrogen) atoms. The molecule has 0 amide bonds. The van der Waals surface area contributed by atoms with Gasteiger partial charge in [0.05, 0.1) is 5.25 Å². The van der Waals surface area contributed by atoms with Crippen LogP contribution >= 0.6 is 0 Å². The second-order valence-electron chi connectivity index (χ2n) is 20.9. The molecule has 300 valence electrons. The monoisotopic (exact) mass is 753 g/mol. The lowest BCUT2D eigenvalue weighted by Gasteiger charge is -2.72. The molecule has 7 aliphatic rings. The predicted octanol–water partition coefficient (Wildman–Crippen LogP) is 9.11. The molecule has 0 radical (unpaired) electrons. The summed E-state index contributed by atoms with van der Waals surface area (Å²) in [4.78, 5) is 2.51. The summed E-state index contributed by atoms with van der Waals surface area (Å²) in [6.07, 6.45) is 24.7. The number of likely N-dealkylation sites (tertiary alicyclic amines) is 1. The Balaban J connectivity index is 1.08. The molecular weight excluding hydrogens is 677 g/mol. The first kappa shape index (κ1) is 40.2. The molecule has 0 aromatic heterocycles. The molecule has 6 aliphatic carbocycles. The van der Waals surface area contributed by atoms with Gasteiger partial charge in [-0.2, -0.15) is 0 Å². The number of hydrogen-bond donors (Lipinski definition) is 2. The normalized spacial score (nSPS) is 43.2. The molecule has 4 saturated carbocycles. The molecule has 7 rings (SSSR count). The predicted molar refractivity (Wildman–Crippen MR) is 218 cm³/mol. The van der Waals surface area contributed by atoms with Gasteiger partial charge >= 0.3 is 0 Å². The van der Waals surface area contributed by atoms with Crippen molar-refractivity contribution in [3.63, 3.8) is 0 Å². The van der Waals surface area contributed by atoms with Gasteiger partial charge in [-0.25, -0.2) is 8.42 Å². The molecule has 1 saturated heterocycles. The maximum atomic E-state index is 12.2. The van der Waals surface area contributed by atoms with Gasteiger partial charge in [-0.15, -0.1) is 0 Å². The third-order valence-corrected chi connectivity index (χ3v) is 20.0. The molecule has 0 aromatic rings. The summed E-state index contributed by atoms with van der Waals surface area (Å²) >= 11 is 0. The Morgan fingerprint density at radius 2 is 1.70 bits per heavy atom. The summed E-state index contributed by atoms with van der Waals surface area (Å²) in [7, 11) is -2.94. The molecule has 0 bridgehead atoms. The number of nitrogens with one attached hydrogen (secondary N) is 1. The summed E-state index contributed by atoms with van der Waals surface area (Å²) in [5, 5.41) is 13.2. The lowest BCUT2D eigenvalue weighted by molar-refractivity contribution is -0.221. The van der Waals surface area contributed by atoms with E-state index in [4.69, 9.17) is 9.84 Å². The molecular formula is C46H76N2O4S. The average Bonchev–Trinajstić information content (AvgIpc) is 3.49. The van der Waals surface area contributed by atoms with Gasteiger partial charge in [-0.05, 0) is 185 Å². The molecule has 1 aliphatic heterocycles. The van der Waals surface area contributed by atoms with Crippen LogP contribution in [-0.4, -0.2) is 75.0 Å². The van der Waals surface area contributed by atoms with Crippen LogP contribution in [0.15, 0.2) is 35.5 Å². The van der Waals surface area contributed by atoms with Crippen LogP contribution in [0.5, 0.6) is 0 Å². The van der Waals surface area contributed by atoms with Crippen LogP contribution < -0.4 is 5.32 Å². The van der Waals surface area contributed by atoms with E-state index < -0.39 is 9.84 Å². The van der Waals surface area contributed by atoms with E-state index in [0.29, 0.717) is 46.5 Å². The molecule has 0 spiro atoms. The van der Waals surface area contributed by atoms with E-state index in [0.717, 1.165) is 63.7 Å². The Kier molecular flexibility index (Phi) is 11.2. The van der Waals surface area contributed by atoms with Crippen molar-refractivity contribution in [2.45, 2.75) is 149 Å². The van der Waals surface area contributed by atoms with Crippen molar-refractivity contribution in [1.29, 1.82) is 0 Å². The largest absolute Gasteiger partial charge is 0.371 e. The average molecular weight is 753 g/mol. The topological polar surface area (TPSA) is 78.9 Å². The van der Waals surface area contributed by atoms with Gasteiger partial charge in [0.25, 0.3) is 0 Å². The van der Waals surface area contributed by atoms with Crippen LogP contribution in [0, 0.1) is 57.2 Å². The second kappa shape index (κ2) is 14.7. The first-order valence-electron chi connectivity index (χ1n) is 21.9. The molecule has 7 heteroatoms. The summed E-state index contributed by atoms with van der Waals surface area (Å²) in [6, 6.07) is 0. The maximum absolute atomic E-state index is 12.2. The van der Waals surface area contributed by atoms with Gasteiger partial charge in [0, 0.05) is 31.5 Å². The molecule has 10 atom stereocenters. The maximum Gasteiger partial charge on any atom is 0.150 e. The van der Waals surface area contributed by atoms with Crippen molar-refractivity contribution in [2.75, 3.05) is 45.8 Å². The summed E-state index contributed by atoms with van der Waals surface area (Å²) in [6.45, 7) is 24.7. The highest BCUT2D eigenvalue weighted by molar-refractivity contribution is 7.91. The van der Waals surface area contributed by atoms with Crippen LogP contribution in [0.25, 0.3) is 0 Å². The number of fused-ring (bicyclic) bond motifs is 7. The molecule has 0 aromatic carbocycles. The number of aliphatic hydroxyl groups excluding tert-OH is 1. The van der Waals surface area contributed by atoms with E-state index in [9.17, 15) is 8.42 Å². The Labute approximate surface area is 324 Å². The van der Waals surface area contributed by atoms with Crippen molar-refractivity contribution in [3.05, 3.63) is 35.5 Å². The van der Waals surface area contributed by atoms with Crippen LogP contribution in [-0.2, 0) is 14.6 Å². The van der Waals surface area contributed by atoms with Crippen LogP contribution in [0.1, 0.15) is 138 Å². The number of hydrogen-bond acceptors (Lipinski definition) is 6. The standard InChI is InChI=1S/C46H76N2O4S/c1-32(2)36-15-23-46(47-26-29-48-27-18-35(19-28-48)53(8,50)51)25-24-44(6)38(41(36)46)13-14-40-43(5)21-16-37(42(3,4)39(43)17-22-45(40,44)7)34-11-9-33(10-12-34)20-30-52-31-49/h11,16,33,35-36,38-41,47,49H,1,9-10,12-15,17-31H2,2-8H3. The van der Waals surface area contributed by atoms with Gasteiger partial charge in [0.1, 0.15) is 16.6 Å². The fourth-order valence-corrected chi connectivity index (χ4v) is 16.4. The smallest absolute Gasteiger partial charge is 0.150 e. The zero-order chi connectivity index (χ0) is 38.0. The minimum Gasteiger partial charge on any atom is -0.371 e. The van der Waals surface area contributed by atoms with Gasteiger partial charge in [-0.3, -0.25) is 0 Å². The number of aliphatic hydroxyl groups is 1. The van der Waals surface area contributed by atoms with Gasteiger partial charge in [0.15, 0.2) is 0 Å². The SMILES string of the molecule is C=C(C)C1CCC2(NCCN3CCC(S(C)(=O)=O)CC3)CCC3(C)C(CCC4C5(C)CC=C(C6=CCC(CCOCO)CC6)C(C)(C)C5CCC43C)C12. The highest BCUT2D eigenvalue weighted by Gasteiger charge is 2.70. The Hall–Kier alpha value is -0.990. The minimum atomic E-state index is -2.94. The lowest BCUT2D eigenvalue weighted by atomic mass is 9.33. The zero-order valence-electron chi connectivity index (χ0n) is 34.8. The first-order valence-corrected chi connectivity index (χ1v) is 23.9. The molecule has 5 fully saturated rings. The lowest BCUT2D eigenvalue weighted by Crippen LogP contribution is -2.68. The third kappa shape index (κ3) is 6.82. The van der Waals surface area contributed by atoms with Crippen LogP contribution in [0.2, 0.25) is 0 Å². The zero-order valence-corrected chi connectivity index (χ0v) is 35.6. The number of rotatable bonds is 11. The van der Waals surface area contributed by atoms with E-state index in [1.165, 1.54) is 82.5 Å². The third-order valence-electron chi connectivity index (χ3n) is 18.3. The minimum absolute atomic E-state index is 0.157. The Bertz CT molecular complexity index is 1540. The number of sulfone groups is 1. The molecule has 6 nitrogen and oxygen atoms in total. The van der Waals surface area contributed by atoms with Crippen LogP contribution in [0.3, 0.4) is 0 Å². The van der Waals surface area contributed by atoms with Crippen LogP contribution in [0.4, 0.5) is 0 Å². The number of allylic oxidation sites excluding steroid dienone is 5. The van der Waals surface area contributed by atoms with E-state index in [1.807, 2.05) is 0 Å². The van der Waals surface area contributed by atoms with E-state index in [-0.39, 0.29) is 23.0 Å². The van der Waals surface area contributed by atoms with Gasteiger partial charge in [0.2, 0.25) is 0 Å². The number of piperidine rings is 1. The second-order valence-corrected chi connectivity index (χ2v) is 23.2. The number of nitrogens with zero attached hydrogens (tertiary/aromatic N) is 1. The molecule has 1 heterocycles. The van der Waals surface area contributed by atoms with Crippen molar-refractivity contribution < 1.29 is 18.3 Å². The summed E-state index contributed by atoms with van der Waals surface area (Å²) in [5.74, 6) is 4.13.